The predicted molar refractivity (Wildman–Crippen MR) is 61.2 cm³/mol. The molecule has 0 aliphatic carbocycles. The maximum absolute atomic E-state index is 9.30. The fourth-order valence-corrected chi connectivity index (χ4v) is 1.65. The molecule has 0 aliphatic heterocycles. The fourth-order valence-electron chi connectivity index (χ4n) is 1.65. The maximum Gasteiger partial charge on any atom is 0.123 e. The molecule has 1 rings (SSSR count). The second kappa shape index (κ2) is 5.73. The fraction of sp³-hybridized carbons (Fsp3) is 0.500. The molecule has 0 bridgehead atoms. The van der Waals surface area contributed by atoms with Crippen molar-refractivity contribution in [2.75, 3.05) is 20.3 Å². The Bertz CT molecular complexity index is 312. The Morgan fingerprint density at radius 2 is 2.20 bits per heavy atom. The minimum Gasteiger partial charge on any atom is -0.496 e. The molecule has 15 heavy (non-hydrogen) atoms. The zero-order valence-corrected chi connectivity index (χ0v) is 9.58. The van der Waals surface area contributed by atoms with Crippen molar-refractivity contribution in [3.63, 3.8) is 0 Å². The molecule has 1 aromatic rings. The lowest BCUT2D eigenvalue weighted by molar-refractivity contribution is 0.243. The van der Waals surface area contributed by atoms with Crippen molar-refractivity contribution >= 4 is 0 Å². The van der Waals surface area contributed by atoms with Gasteiger partial charge in [0.2, 0.25) is 0 Å². The van der Waals surface area contributed by atoms with Crippen molar-refractivity contribution < 1.29 is 9.84 Å². The van der Waals surface area contributed by atoms with Crippen LogP contribution >= 0.6 is 0 Å². The van der Waals surface area contributed by atoms with Crippen molar-refractivity contribution in [3.05, 3.63) is 29.3 Å². The zero-order valence-electron chi connectivity index (χ0n) is 9.58. The van der Waals surface area contributed by atoms with Gasteiger partial charge in [0.05, 0.1) is 19.8 Å². The molecule has 0 heterocycles. The van der Waals surface area contributed by atoms with Gasteiger partial charge in [0.15, 0.2) is 0 Å². The minimum absolute atomic E-state index is 0.0511. The second-order valence-corrected chi connectivity index (χ2v) is 3.54. The number of hydrogen-bond acceptors (Lipinski definition) is 3. The zero-order chi connectivity index (χ0) is 11.3. The first kappa shape index (κ1) is 12.0. The second-order valence-electron chi connectivity index (χ2n) is 3.54. The van der Waals surface area contributed by atoms with Gasteiger partial charge in [0.25, 0.3) is 0 Å². The Balaban J connectivity index is 3.02. The van der Waals surface area contributed by atoms with Crippen LogP contribution in [0.1, 0.15) is 24.1 Å². The summed E-state index contributed by atoms with van der Waals surface area (Å²) in [4.78, 5) is 0. The molecule has 2 N–H and O–H groups in total. The molecule has 0 amide bonds. The monoisotopic (exact) mass is 209 g/mol. The van der Waals surface area contributed by atoms with Crippen molar-refractivity contribution in [2.45, 2.75) is 19.9 Å². The molecular formula is C12H19NO2. The molecule has 3 heteroatoms. The normalized spacial score (nSPS) is 12.5. The molecule has 84 valence electrons. The van der Waals surface area contributed by atoms with Gasteiger partial charge < -0.3 is 15.2 Å². The first-order valence-corrected chi connectivity index (χ1v) is 5.21. The number of nitrogens with one attached hydrogen (secondary N) is 1. The summed E-state index contributed by atoms with van der Waals surface area (Å²) in [5.41, 5.74) is 2.18. The summed E-state index contributed by atoms with van der Waals surface area (Å²) in [6.07, 6.45) is 0. The summed E-state index contributed by atoms with van der Waals surface area (Å²) in [6, 6.07) is 5.93. The highest BCUT2D eigenvalue weighted by atomic mass is 16.5. The van der Waals surface area contributed by atoms with E-state index in [1.54, 1.807) is 7.11 Å². The van der Waals surface area contributed by atoms with Crippen LogP contribution in [0, 0.1) is 6.92 Å². The Kier molecular flexibility index (Phi) is 4.59. The van der Waals surface area contributed by atoms with Gasteiger partial charge in [-0.2, -0.15) is 0 Å². The Morgan fingerprint density at radius 3 is 2.73 bits per heavy atom. The highest BCUT2D eigenvalue weighted by Gasteiger charge is 2.13. The molecule has 0 saturated carbocycles. The largest absolute Gasteiger partial charge is 0.496 e. The Hall–Kier alpha value is -1.06. The Morgan fingerprint density at radius 1 is 1.47 bits per heavy atom. The quantitative estimate of drug-likeness (QED) is 0.774. The van der Waals surface area contributed by atoms with Gasteiger partial charge in [-0.25, -0.2) is 0 Å². The number of aliphatic hydroxyl groups is 1. The third-order valence-corrected chi connectivity index (χ3v) is 2.39. The van der Waals surface area contributed by atoms with Crippen molar-refractivity contribution in [1.82, 2.24) is 5.32 Å². The lowest BCUT2D eigenvalue weighted by Crippen LogP contribution is -2.24. The molecule has 0 fully saturated rings. The van der Waals surface area contributed by atoms with Crippen LogP contribution < -0.4 is 10.1 Å². The Labute approximate surface area is 91.1 Å². The minimum atomic E-state index is -0.0511. The van der Waals surface area contributed by atoms with Crippen LogP contribution in [0.3, 0.4) is 0 Å². The third kappa shape index (κ3) is 2.94. The highest BCUT2D eigenvalue weighted by molar-refractivity contribution is 5.39. The van der Waals surface area contributed by atoms with E-state index in [0.717, 1.165) is 17.9 Å². The van der Waals surface area contributed by atoms with Gasteiger partial charge in [0, 0.05) is 5.56 Å². The molecule has 1 unspecified atom stereocenters. The van der Waals surface area contributed by atoms with Crippen molar-refractivity contribution in [2.24, 2.45) is 0 Å². The average molecular weight is 209 g/mol. The molecule has 0 spiro atoms. The summed E-state index contributed by atoms with van der Waals surface area (Å²) < 4.78 is 5.28. The van der Waals surface area contributed by atoms with Gasteiger partial charge in [-0.05, 0) is 19.5 Å². The summed E-state index contributed by atoms with van der Waals surface area (Å²) in [6.45, 7) is 4.95. The molecule has 0 aliphatic rings. The van der Waals surface area contributed by atoms with Gasteiger partial charge >= 0.3 is 0 Å². The predicted octanol–water partition coefficient (Wildman–Crippen LogP) is 1.65. The van der Waals surface area contributed by atoms with E-state index < -0.39 is 0 Å². The van der Waals surface area contributed by atoms with Crippen molar-refractivity contribution in [1.29, 1.82) is 0 Å². The number of aliphatic hydroxyl groups excluding tert-OH is 1. The van der Waals surface area contributed by atoms with E-state index in [2.05, 4.69) is 5.32 Å². The molecule has 0 aromatic heterocycles. The van der Waals surface area contributed by atoms with Gasteiger partial charge in [-0.15, -0.1) is 0 Å². The first-order chi connectivity index (χ1) is 7.22. The number of ether oxygens (including phenoxy) is 1. The van der Waals surface area contributed by atoms with Crippen molar-refractivity contribution in [3.8, 4) is 5.75 Å². The van der Waals surface area contributed by atoms with E-state index in [1.165, 1.54) is 5.56 Å². The van der Waals surface area contributed by atoms with E-state index in [-0.39, 0.29) is 12.6 Å². The highest BCUT2D eigenvalue weighted by Crippen LogP contribution is 2.25. The van der Waals surface area contributed by atoms with Crippen LogP contribution in [0.5, 0.6) is 5.75 Å². The van der Waals surface area contributed by atoms with Crippen LogP contribution in [0.15, 0.2) is 18.2 Å². The van der Waals surface area contributed by atoms with Crippen LogP contribution in [-0.2, 0) is 0 Å². The van der Waals surface area contributed by atoms with Crippen LogP contribution in [-0.4, -0.2) is 25.4 Å². The molecule has 0 radical (unpaired) electrons. The average Bonchev–Trinajstić information content (AvgIpc) is 2.26. The van der Waals surface area contributed by atoms with E-state index >= 15 is 0 Å². The summed E-state index contributed by atoms with van der Waals surface area (Å²) in [5, 5.41) is 12.5. The van der Waals surface area contributed by atoms with Gasteiger partial charge in [-0.3, -0.25) is 0 Å². The van der Waals surface area contributed by atoms with Gasteiger partial charge in [0.1, 0.15) is 5.75 Å². The topological polar surface area (TPSA) is 41.5 Å². The first-order valence-electron chi connectivity index (χ1n) is 5.21. The molecule has 1 atom stereocenters. The number of aryl methyl sites for hydroxylation is 1. The lowest BCUT2D eigenvalue weighted by Gasteiger charge is -2.19. The van der Waals surface area contributed by atoms with E-state index in [1.807, 2.05) is 32.0 Å². The number of rotatable bonds is 5. The van der Waals surface area contributed by atoms with E-state index in [4.69, 9.17) is 4.74 Å². The SMILES string of the molecule is CCNC(CO)c1cc(C)ccc1OC. The van der Waals surface area contributed by atoms with E-state index in [9.17, 15) is 5.11 Å². The van der Waals surface area contributed by atoms with E-state index in [0.29, 0.717) is 0 Å². The maximum atomic E-state index is 9.30. The smallest absolute Gasteiger partial charge is 0.123 e. The molecule has 0 saturated heterocycles. The molecule has 3 nitrogen and oxygen atoms in total. The number of hydrogen-bond donors (Lipinski definition) is 2. The molecular weight excluding hydrogens is 190 g/mol. The summed E-state index contributed by atoms with van der Waals surface area (Å²) in [5.74, 6) is 0.820. The summed E-state index contributed by atoms with van der Waals surface area (Å²) >= 11 is 0. The van der Waals surface area contributed by atoms with Gasteiger partial charge in [-0.1, -0.05) is 24.6 Å². The van der Waals surface area contributed by atoms with Crippen LogP contribution in [0.25, 0.3) is 0 Å². The standard InChI is InChI=1S/C12H19NO2/c1-4-13-11(8-14)10-7-9(2)5-6-12(10)15-3/h5-7,11,13-14H,4,8H2,1-3H3. The number of methoxy groups -OCH3 is 1. The number of benzene rings is 1. The lowest BCUT2D eigenvalue weighted by atomic mass is 10.0. The molecule has 1 aromatic carbocycles. The van der Waals surface area contributed by atoms with Crippen LogP contribution in [0.4, 0.5) is 0 Å². The summed E-state index contributed by atoms with van der Waals surface area (Å²) in [7, 11) is 1.65. The third-order valence-electron chi connectivity index (χ3n) is 2.39. The number of likely N-dealkylation sites (N-methyl/N-ethyl adjacent to an activating group) is 1. The van der Waals surface area contributed by atoms with Crippen LogP contribution in [0.2, 0.25) is 0 Å².